The van der Waals surface area contributed by atoms with E-state index >= 15 is 0 Å². The van der Waals surface area contributed by atoms with Crippen molar-refractivity contribution in [1.29, 1.82) is 0 Å². The normalized spacial score (nSPS) is 17.0. The van der Waals surface area contributed by atoms with E-state index in [0.717, 1.165) is 185 Å². The van der Waals surface area contributed by atoms with Crippen LogP contribution < -0.4 is 15.8 Å². The summed E-state index contributed by atoms with van der Waals surface area (Å²) in [5, 5.41) is 6.97. The molecule has 3 aromatic carbocycles. The Morgan fingerprint density at radius 1 is 0.487 bits per heavy atom. The molecule has 4 aliphatic rings. The second kappa shape index (κ2) is 18.7. The minimum Gasteiger partial charge on any atom is -0.471 e. The molecule has 0 fully saturated rings. The van der Waals surface area contributed by atoms with Crippen molar-refractivity contribution in [1.82, 2.24) is 79.9 Å². The number of amides is 1. The van der Waals surface area contributed by atoms with Gasteiger partial charge < -0.3 is 20.8 Å². The van der Waals surface area contributed by atoms with Gasteiger partial charge in [0, 0.05) is 72.9 Å². The molecule has 11 heterocycles. The number of rotatable bonds is 6. The third-order valence-electron chi connectivity index (χ3n) is 16.2. The van der Waals surface area contributed by atoms with Crippen molar-refractivity contribution in [2.24, 2.45) is 0 Å². The summed E-state index contributed by atoms with van der Waals surface area (Å²) >= 11 is 0. The number of benzene rings is 3. The molecule has 0 unspecified atom stereocenters. The van der Waals surface area contributed by atoms with E-state index in [4.69, 9.17) is 55.3 Å². The van der Waals surface area contributed by atoms with Gasteiger partial charge in [-0.3, -0.25) is 19.6 Å². The number of hydrogen-bond acceptors (Lipinski definition) is 17. The lowest BCUT2D eigenvalue weighted by atomic mass is 9.99. The fraction of sp³-hybridized carbons (Fsp3) is 0.262. The fourth-order valence-corrected chi connectivity index (χ4v) is 12.3. The zero-order chi connectivity index (χ0) is 53.0. The lowest BCUT2D eigenvalue weighted by Crippen LogP contribution is -2.27. The zero-order valence-electron chi connectivity index (χ0n) is 43.6. The molecule has 0 saturated carbocycles. The first-order chi connectivity index (χ1) is 39.3. The highest BCUT2D eigenvalue weighted by Crippen LogP contribution is 2.37. The zero-order valence-corrected chi connectivity index (χ0v) is 43.6. The van der Waals surface area contributed by atoms with Gasteiger partial charge in [0.05, 0.1) is 107 Å². The van der Waals surface area contributed by atoms with Crippen LogP contribution in [0.4, 0.5) is 5.95 Å². The SMILES string of the molecule is Nc1nc(OCc2ccc(CNC(=O)c3cc4nc(c3)CN3Cc5ccc6c(n5)c5nc(ccc5c5nc7c(nc65)CCCC7)CN(C4)Cc4ccc5c(n4)c4nc(ccc4c4nc6c(nc54)CCCC6)C3)cc2)c2[nH]cnc2n1. The van der Waals surface area contributed by atoms with Gasteiger partial charge in [0.1, 0.15) is 12.1 Å². The van der Waals surface area contributed by atoms with E-state index in [1.54, 1.807) is 0 Å². The van der Waals surface area contributed by atoms with Crippen LogP contribution in [0.1, 0.15) is 104 Å². The summed E-state index contributed by atoms with van der Waals surface area (Å²) in [6, 6.07) is 28.8. The second-order valence-electron chi connectivity index (χ2n) is 21.7. The van der Waals surface area contributed by atoms with E-state index in [1.165, 1.54) is 6.33 Å². The number of nitrogen functional groups attached to an aromatic ring is 1. The fourth-order valence-electron chi connectivity index (χ4n) is 12.3. The van der Waals surface area contributed by atoms with Gasteiger partial charge in [-0.25, -0.2) is 44.9 Å². The van der Waals surface area contributed by atoms with Gasteiger partial charge in [-0.2, -0.15) is 9.97 Å². The number of aromatic amines is 1. The number of carbonyl (C=O) groups excluding carboxylic acids is 1. The number of H-pyrrole nitrogens is 1. The summed E-state index contributed by atoms with van der Waals surface area (Å²) in [6.45, 7) is 3.15. The van der Waals surface area contributed by atoms with Crippen LogP contribution in [0.3, 0.4) is 0 Å². The van der Waals surface area contributed by atoms with Gasteiger partial charge in [-0.15, -0.1) is 0 Å². The Morgan fingerprint density at radius 3 is 1.35 bits per heavy atom. The van der Waals surface area contributed by atoms with Crippen LogP contribution in [-0.2, 0) is 78.1 Å². The molecule has 0 radical (unpaired) electrons. The maximum Gasteiger partial charge on any atom is 0.251 e. The summed E-state index contributed by atoms with van der Waals surface area (Å²) in [5.41, 5.74) is 25.2. The lowest BCUT2D eigenvalue weighted by Gasteiger charge is -2.23. The molecule has 0 atom stereocenters. The first kappa shape index (κ1) is 46.7. The van der Waals surface area contributed by atoms with Gasteiger partial charge in [-0.1, -0.05) is 24.3 Å². The molecule has 0 saturated heterocycles. The molecule has 0 spiro atoms. The average Bonchev–Trinajstić information content (AvgIpc) is 3.95. The van der Waals surface area contributed by atoms with Crippen LogP contribution >= 0.6 is 0 Å². The first-order valence-corrected chi connectivity index (χ1v) is 27.5. The molecule has 2 aliphatic carbocycles. The van der Waals surface area contributed by atoms with Crippen molar-refractivity contribution in [2.75, 3.05) is 5.73 Å². The standard InChI is InChI=1S/C61H51N17O2/c62-61-75-58-57(64-31-65-58)60(76-61)80-30-33-11-9-32(10-12-33)23-63-59(79)34-21-39-28-77-24-35-13-17-41-49(67-35)50-42(54-53(41)71-45-5-1-2-6-46(45)72-54)18-14-36(68-50)25-78(29-40(22-34)66-39)27-38-16-20-44-52(70-38)51-43(19-15-37(26-77)69-51)55-56(44)74-48-8-4-3-7-47(48)73-55/h9-22,31H,1-8,23-30H2,(H,63,79)(H3,62,64,65,75,76). The van der Waals surface area contributed by atoms with E-state index in [1.807, 2.05) is 36.4 Å². The molecule has 19 heteroatoms. The molecule has 16 rings (SSSR count). The average molecular weight is 1050 g/mol. The first-order valence-electron chi connectivity index (χ1n) is 27.5. The summed E-state index contributed by atoms with van der Waals surface area (Å²) in [4.78, 5) is 83.5. The number of nitrogens with one attached hydrogen (secondary N) is 2. The van der Waals surface area contributed by atoms with Crippen molar-refractivity contribution in [3.05, 3.63) is 165 Å². The molecule has 4 N–H and O–H groups in total. The Morgan fingerprint density at radius 2 is 0.900 bits per heavy atom. The van der Waals surface area contributed by atoms with Gasteiger partial charge in [-0.05, 0) is 123 Å². The Bertz CT molecular complexity index is 4180. The predicted molar refractivity (Wildman–Crippen MR) is 302 cm³/mol. The highest BCUT2D eigenvalue weighted by Gasteiger charge is 2.26. The number of ether oxygens (including phenoxy) is 1. The highest BCUT2D eigenvalue weighted by molar-refractivity contribution is 6.21. The second-order valence-corrected chi connectivity index (χ2v) is 21.7. The lowest BCUT2D eigenvalue weighted by molar-refractivity contribution is 0.0950. The Hall–Kier alpha value is -9.33. The number of anilines is 1. The van der Waals surface area contributed by atoms with E-state index in [9.17, 15) is 4.79 Å². The van der Waals surface area contributed by atoms with Gasteiger partial charge in [0.25, 0.3) is 5.91 Å². The van der Waals surface area contributed by atoms with Gasteiger partial charge in [0.2, 0.25) is 11.8 Å². The molecular weight excluding hydrogens is 1000 g/mol. The number of nitrogens with zero attached hydrogens (tertiary/aromatic N) is 14. The van der Waals surface area contributed by atoms with Crippen molar-refractivity contribution in [3.63, 3.8) is 0 Å². The minimum absolute atomic E-state index is 0.0833. The van der Waals surface area contributed by atoms with Crippen molar-refractivity contribution >= 4 is 88.7 Å². The Kier molecular flexibility index (Phi) is 10.9. The molecule has 12 aromatic rings. The van der Waals surface area contributed by atoms with E-state index in [0.29, 0.717) is 68.4 Å². The third kappa shape index (κ3) is 8.30. The van der Waals surface area contributed by atoms with Crippen molar-refractivity contribution in [2.45, 2.75) is 104 Å². The smallest absolute Gasteiger partial charge is 0.251 e. The molecule has 12 bridgehead atoms. The Labute approximate surface area is 456 Å². The van der Waals surface area contributed by atoms with Crippen LogP contribution in [0, 0.1) is 0 Å². The molecule has 80 heavy (non-hydrogen) atoms. The van der Waals surface area contributed by atoms with Gasteiger partial charge >= 0.3 is 0 Å². The van der Waals surface area contributed by atoms with Crippen LogP contribution in [0.2, 0.25) is 0 Å². The largest absolute Gasteiger partial charge is 0.471 e. The number of carbonyl (C=O) groups is 1. The summed E-state index contributed by atoms with van der Waals surface area (Å²) < 4.78 is 6.03. The summed E-state index contributed by atoms with van der Waals surface area (Å²) in [6.07, 6.45) is 9.65. The molecule has 2 aliphatic heterocycles. The van der Waals surface area contributed by atoms with Crippen LogP contribution in [-0.4, -0.2) is 80.5 Å². The number of fused-ring (bicyclic) bond motifs is 15. The maximum absolute atomic E-state index is 14.5. The molecule has 19 nitrogen and oxygen atoms in total. The summed E-state index contributed by atoms with van der Waals surface area (Å²) in [5.74, 6) is 0.200. The molecular formula is C61H51N17O2. The van der Waals surface area contributed by atoms with E-state index in [2.05, 4.69) is 83.6 Å². The molecule has 9 aromatic heterocycles. The number of imidazole rings is 1. The number of nitrogens with two attached hydrogens (primary N) is 1. The molecule has 392 valence electrons. The Balaban J connectivity index is 0.798. The number of aromatic nitrogens is 13. The van der Waals surface area contributed by atoms with Crippen LogP contribution in [0.5, 0.6) is 5.88 Å². The summed E-state index contributed by atoms with van der Waals surface area (Å²) in [7, 11) is 0. The number of aryl methyl sites for hydroxylation is 4. The van der Waals surface area contributed by atoms with E-state index < -0.39 is 0 Å². The quantitative estimate of drug-likeness (QED) is 0.132. The third-order valence-corrected chi connectivity index (χ3v) is 16.2. The predicted octanol–water partition coefficient (Wildman–Crippen LogP) is 8.71. The molecule has 1 amide bonds. The topological polar surface area (TPSA) is 241 Å². The van der Waals surface area contributed by atoms with E-state index in [-0.39, 0.29) is 18.5 Å². The maximum atomic E-state index is 14.5. The van der Waals surface area contributed by atoms with Gasteiger partial charge in [0.15, 0.2) is 5.65 Å². The number of hydrogen-bond donors (Lipinski definition) is 3. The van der Waals surface area contributed by atoms with Crippen LogP contribution in [0.15, 0.2) is 91.3 Å². The minimum atomic E-state index is -0.211. The number of pyridine rings is 5. The monoisotopic (exact) mass is 1050 g/mol. The highest BCUT2D eigenvalue weighted by atomic mass is 16.5. The van der Waals surface area contributed by atoms with Crippen LogP contribution in [0.25, 0.3) is 76.8 Å². The van der Waals surface area contributed by atoms with Crippen molar-refractivity contribution < 1.29 is 9.53 Å². The van der Waals surface area contributed by atoms with Crippen molar-refractivity contribution in [3.8, 4) is 5.88 Å².